The van der Waals surface area contributed by atoms with Gasteiger partial charge in [0, 0.05) is 36.5 Å². The van der Waals surface area contributed by atoms with E-state index in [4.69, 9.17) is 0 Å². The average molecular weight is 273 g/mol. The summed E-state index contributed by atoms with van der Waals surface area (Å²) in [5.41, 5.74) is 0.917. The summed E-state index contributed by atoms with van der Waals surface area (Å²) in [6.45, 7) is 0. The fourth-order valence-electron chi connectivity index (χ4n) is 1.74. The maximum Gasteiger partial charge on any atom is 0.193 e. The molecule has 0 aliphatic carbocycles. The van der Waals surface area contributed by atoms with Crippen molar-refractivity contribution in [2.24, 2.45) is 0 Å². The Morgan fingerprint density at radius 1 is 1.59 bits per heavy atom. The molecular formula is C10H15N3O2S2. The van der Waals surface area contributed by atoms with Gasteiger partial charge >= 0.3 is 0 Å². The molecule has 0 saturated heterocycles. The van der Waals surface area contributed by atoms with Gasteiger partial charge in [-0.15, -0.1) is 11.3 Å². The minimum absolute atomic E-state index is 0.0883. The monoisotopic (exact) mass is 273 g/mol. The molecule has 1 atom stereocenters. The molecule has 0 amide bonds. The van der Waals surface area contributed by atoms with Crippen LogP contribution in [-0.2, 0) is 16.3 Å². The Bertz CT molecular complexity index is 571. The van der Waals surface area contributed by atoms with Gasteiger partial charge in [-0.05, 0) is 7.05 Å². The minimum atomic E-state index is -2.97. The Morgan fingerprint density at radius 3 is 2.94 bits per heavy atom. The lowest BCUT2D eigenvalue weighted by molar-refractivity contribution is 0.564. The molecule has 0 fully saturated rings. The number of aromatic nitrogens is 2. The van der Waals surface area contributed by atoms with Crippen LogP contribution in [0, 0.1) is 0 Å². The highest BCUT2D eigenvalue weighted by atomic mass is 32.2. The van der Waals surface area contributed by atoms with Crippen LogP contribution in [0.5, 0.6) is 0 Å². The van der Waals surface area contributed by atoms with E-state index in [1.54, 1.807) is 18.4 Å². The van der Waals surface area contributed by atoms with Crippen LogP contribution in [-0.4, -0.2) is 42.9 Å². The Hall–Kier alpha value is -0.920. The molecule has 0 radical (unpaired) electrons. The van der Waals surface area contributed by atoms with Gasteiger partial charge in [0.25, 0.3) is 0 Å². The van der Waals surface area contributed by atoms with Crippen LogP contribution in [0.2, 0.25) is 0 Å². The Morgan fingerprint density at radius 2 is 2.35 bits per heavy atom. The summed E-state index contributed by atoms with van der Waals surface area (Å²) in [5.74, 6) is 0.134. The van der Waals surface area contributed by atoms with Gasteiger partial charge in [-0.3, -0.25) is 4.40 Å². The molecule has 0 aliphatic heterocycles. The zero-order chi connectivity index (χ0) is 12.5. The van der Waals surface area contributed by atoms with Gasteiger partial charge in [-0.1, -0.05) is 0 Å². The maximum atomic E-state index is 11.2. The zero-order valence-corrected chi connectivity index (χ0v) is 11.4. The van der Waals surface area contributed by atoms with Crippen LogP contribution < -0.4 is 5.32 Å². The lowest BCUT2D eigenvalue weighted by Gasteiger charge is -2.13. The minimum Gasteiger partial charge on any atom is -0.316 e. The molecule has 0 spiro atoms. The highest BCUT2D eigenvalue weighted by Crippen LogP contribution is 2.12. The summed E-state index contributed by atoms with van der Waals surface area (Å²) in [6.07, 6.45) is 5.76. The quantitative estimate of drug-likeness (QED) is 0.865. The van der Waals surface area contributed by atoms with Crippen molar-refractivity contribution >= 4 is 26.1 Å². The van der Waals surface area contributed by atoms with Crippen LogP contribution >= 0.6 is 11.3 Å². The first-order chi connectivity index (χ1) is 7.98. The maximum absolute atomic E-state index is 11.2. The van der Waals surface area contributed by atoms with Gasteiger partial charge in [0.15, 0.2) is 4.96 Å². The third kappa shape index (κ3) is 3.27. The first-order valence-electron chi connectivity index (χ1n) is 5.24. The second-order valence-electron chi connectivity index (χ2n) is 4.11. The van der Waals surface area contributed by atoms with E-state index in [9.17, 15) is 8.42 Å². The standard InChI is InChI=1S/C10H15N3O2S2/c1-11-9(7-17(2,14)15)5-8-6-13-3-4-16-10(13)12-8/h3-4,6,9,11H,5,7H2,1-2H3. The molecular weight excluding hydrogens is 258 g/mol. The van der Waals surface area contributed by atoms with Crippen molar-refractivity contribution in [3.63, 3.8) is 0 Å². The van der Waals surface area contributed by atoms with E-state index in [0.29, 0.717) is 6.42 Å². The number of hydrogen-bond donors (Lipinski definition) is 1. The Labute approximate surface area is 104 Å². The molecule has 1 unspecified atom stereocenters. The van der Waals surface area contributed by atoms with E-state index >= 15 is 0 Å². The number of sulfone groups is 1. The van der Waals surface area contributed by atoms with Crippen LogP contribution in [0.1, 0.15) is 5.69 Å². The first kappa shape index (κ1) is 12.5. The average Bonchev–Trinajstić information content (AvgIpc) is 2.74. The van der Waals surface area contributed by atoms with E-state index in [2.05, 4.69) is 10.3 Å². The number of hydrogen-bond acceptors (Lipinski definition) is 5. The van der Waals surface area contributed by atoms with Gasteiger partial charge in [-0.2, -0.15) is 0 Å². The van der Waals surface area contributed by atoms with Gasteiger partial charge in [0.1, 0.15) is 9.84 Å². The summed E-state index contributed by atoms with van der Waals surface area (Å²) >= 11 is 1.57. The zero-order valence-electron chi connectivity index (χ0n) is 9.75. The number of fused-ring (bicyclic) bond motifs is 1. The molecule has 0 saturated carbocycles. The van der Waals surface area contributed by atoms with Gasteiger partial charge in [-0.25, -0.2) is 13.4 Å². The predicted octanol–water partition coefficient (Wildman–Crippen LogP) is 0.571. The third-order valence-corrected chi connectivity index (χ3v) is 4.29. The highest BCUT2D eigenvalue weighted by Gasteiger charge is 2.15. The Kier molecular flexibility index (Phi) is 3.50. The number of rotatable bonds is 5. The lowest BCUT2D eigenvalue weighted by Crippen LogP contribution is -2.34. The summed E-state index contributed by atoms with van der Waals surface area (Å²) in [7, 11) is -1.19. The summed E-state index contributed by atoms with van der Waals surface area (Å²) in [6, 6.07) is -0.0883. The second kappa shape index (κ2) is 4.75. The van der Waals surface area contributed by atoms with Crippen molar-refractivity contribution in [1.82, 2.24) is 14.7 Å². The van der Waals surface area contributed by atoms with Crippen LogP contribution in [0.4, 0.5) is 0 Å². The second-order valence-corrected chi connectivity index (χ2v) is 7.17. The summed E-state index contributed by atoms with van der Waals surface area (Å²) in [4.78, 5) is 5.38. The van der Waals surface area contributed by atoms with Crippen LogP contribution in [0.15, 0.2) is 17.8 Å². The summed E-state index contributed by atoms with van der Waals surface area (Å²) < 4.78 is 24.5. The lowest BCUT2D eigenvalue weighted by atomic mass is 10.2. The number of nitrogens with zero attached hydrogens (tertiary/aromatic N) is 2. The third-order valence-electron chi connectivity index (χ3n) is 2.51. The fraction of sp³-hybridized carbons (Fsp3) is 0.500. The topological polar surface area (TPSA) is 63.5 Å². The van der Waals surface area contributed by atoms with Crippen LogP contribution in [0.3, 0.4) is 0 Å². The normalized spacial score (nSPS) is 14.2. The van der Waals surface area contributed by atoms with Crippen molar-refractivity contribution in [2.45, 2.75) is 12.5 Å². The van der Waals surface area contributed by atoms with Gasteiger partial charge in [0.05, 0.1) is 11.4 Å². The predicted molar refractivity (Wildman–Crippen MR) is 69.3 cm³/mol. The molecule has 0 aliphatic rings. The molecule has 5 nitrogen and oxygen atoms in total. The first-order valence-corrected chi connectivity index (χ1v) is 8.18. The van der Waals surface area contributed by atoms with Gasteiger partial charge in [0.2, 0.25) is 0 Å². The molecule has 0 aromatic carbocycles. The van der Waals surface area contributed by atoms with Crippen LogP contribution in [0.25, 0.3) is 4.96 Å². The summed E-state index contributed by atoms with van der Waals surface area (Å²) in [5, 5.41) is 4.99. The van der Waals surface area contributed by atoms with Crippen molar-refractivity contribution in [3.8, 4) is 0 Å². The van der Waals surface area contributed by atoms with E-state index < -0.39 is 9.84 Å². The number of imidazole rings is 1. The number of likely N-dealkylation sites (N-methyl/N-ethyl adjacent to an activating group) is 1. The smallest absolute Gasteiger partial charge is 0.193 e. The van der Waals surface area contributed by atoms with E-state index in [0.717, 1.165) is 10.7 Å². The molecule has 2 heterocycles. The number of nitrogens with one attached hydrogen (secondary N) is 1. The fourth-order valence-corrected chi connectivity index (χ4v) is 3.47. The molecule has 2 aromatic heterocycles. The van der Waals surface area contributed by atoms with Crippen molar-refractivity contribution in [3.05, 3.63) is 23.5 Å². The molecule has 17 heavy (non-hydrogen) atoms. The number of thiazole rings is 1. The highest BCUT2D eigenvalue weighted by molar-refractivity contribution is 7.90. The van der Waals surface area contributed by atoms with Crippen molar-refractivity contribution in [1.29, 1.82) is 0 Å². The SMILES string of the molecule is CNC(Cc1cn2ccsc2n1)CS(C)(=O)=O. The molecule has 7 heteroatoms. The molecule has 2 rings (SSSR count). The molecule has 1 N–H and O–H groups in total. The van der Waals surface area contributed by atoms with Gasteiger partial charge < -0.3 is 5.32 Å². The van der Waals surface area contributed by atoms with Crippen molar-refractivity contribution < 1.29 is 8.42 Å². The molecule has 94 valence electrons. The molecule has 0 bridgehead atoms. The van der Waals surface area contributed by atoms with Crippen molar-refractivity contribution in [2.75, 3.05) is 19.1 Å². The van der Waals surface area contributed by atoms with E-state index in [-0.39, 0.29) is 11.8 Å². The van der Waals surface area contributed by atoms with E-state index in [1.807, 2.05) is 22.2 Å². The largest absolute Gasteiger partial charge is 0.316 e. The van der Waals surface area contributed by atoms with E-state index in [1.165, 1.54) is 6.26 Å². The molecule has 2 aromatic rings. The Balaban J connectivity index is 2.11.